The minimum absolute atomic E-state index is 0.373. The van der Waals surface area contributed by atoms with Gasteiger partial charge in [0.15, 0.2) is 0 Å². The third kappa shape index (κ3) is 2.84. The van der Waals surface area contributed by atoms with Crippen LogP contribution in [0.15, 0.2) is 48.5 Å². The quantitative estimate of drug-likeness (QED) is 0.930. The highest BCUT2D eigenvalue weighted by Crippen LogP contribution is 2.31. The Morgan fingerprint density at radius 3 is 2.45 bits per heavy atom. The third-order valence-electron chi connectivity index (χ3n) is 3.72. The minimum Gasteiger partial charge on any atom is -0.508 e. The van der Waals surface area contributed by atoms with Gasteiger partial charge in [-0.2, -0.15) is 0 Å². The van der Waals surface area contributed by atoms with Crippen LogP contribution in [0, 0.1) is 0 Å². The van der Waals surface area contributed by atoms with E-state index >= 15 is 0 Å². The first-order valence-electron chi connectivity index (χ1n) is 7.01. The van der Waals surface area contributed by atoms with Crippen molar-refractivity contribution in [2.45, 2.75) is 6.54 Å². The molecule has 0 unspecified atom stereocenters. The Hall–Kier alpha value is -1.84. The summed E-state index contributed by atoms with van der Waals surface area (Å²) < 4.78 is 5.38. The highest BCUT2D eigenvalue weighted by atomic mass is 16.5. The monoisotopic (exact) mass is 269 g/mol. The maximum Gasteiger partial charge on any atom is 0.120 e. The molecule has 104 valence electrons. The number of ether oxygens (including phenoxy) is 1. The van der Waals surface area contributed by atoms with Crippen molar-refractivity contribution in [3.05, 3.63) is 54.1 Å². The predicted molar refractivity (Wildman–Crippen MR) is 79.6 cm³/mol. The van der Waals surface area contributed by atoms with E-state index in [1.807, 2.05) is 24.3 Å². The maximum atomic E-state index is 10.2. The van der Waals surface area contributed by atoms with Gasteiger partial charge in [0.1, 0.15) is 5.75 Å². The third-order valence-corrected chi connectivity index (χ3v) is 3.72. The number of hydrogen-bond donors (Lipinski definition) is 1. The summed E-state index contributed by atoms with van der Waals surface area (Å²) in [6.07, 6.45) is 0. The Morgan fingerprint density at radius 2 is 1.70 bits per heavy atom. The van der Waals surface area contributed by atoms with Crippen molar-refractivity contribution in [3.8, 4) is 16.9 Å². The number of phenolic OH excluding ortho intramolecular Hbond substituents is 1. The molecule has 0 spiro atoms. The fraction of sp³-hybridized carbons (Fsp3) is 0.294. The van der Waals surface area contributed by atoms with Crippen LogP contribution >= 0.6 is 0 Å². The topological polar surface area (TPSA) is 32.7 Å². The first-order valence-corrected chi connectivity index (χ1v) is 7.01. The number of hydrogen-bond acceptors (Lipinski definition) is 3. The lowest BCUT2D eigenvalue weighted by molar-refractivity contribution is 0.0339. The summed E-state index contributed by atoms with van der Waals surface area (Å²) in [5, 5.41) is 10.2. The molecule has 0 atom stereocenters. The van der Waals surface area contributed by atoms with Gasteiger partial charge >= 0.3 is 0 Å². The fourth-order valence-electron chi connectivity index (χ4n) is 2.61. The van der Waals surface area contributed by atoms with Gasteiger partial charge in [-0.05, 0) is 17.2 Å². The standard InChI is InChI=1S/C17H19NO2/c19-17-8-4-7-15(14-5-2-1-3-6-14)16(17)13-18-9-11-20-12-10-18/h1-8,19H,9-13H2. The van der Waals surface area contributed by atoms with Crippen LogP contribution in [-0.2, 0) is 11.3 Å². The van der Waals surface area contributed by atoms with Crippen LogP contribution in [0.3, 0.4) is 0 Å². The Balaban J connectivity index is 1.92. The van der Waals surface area contributed by atoms with Gasteiger partial charge < -0.3 is 9.84 Å². The molecule has 1 N–H and O–H groups in total. The van der Waals surface area contributed by atoms with Crippen LogP contribution in [0.4, 0.5) is 0 Å². The lowest BCUT2D eigenvalue weighted by Gasteiger charge is -2.27. The molecule has 1 saturated heterocycles. The zero-order chi connectivity index (χ0) is 13.8. The minimum atomic E-state index is 0.373. The molecule has 1 fully saturated rings. The average molecular weight is 269 g/mol. The second-order valence-electron chi connectivity index (χ2n) is 5.06. The van der Waals surface area contributed by atoms with E-state index < -0.39 is 0 Å². The van der Waals surface area contributed by atoms with Crippen LogP contribution < -0.4 is 0 Å². The van der Waals surface area contributed by atoms with Crippen LogP contribution in [-0.4, -0.2) is 36.3 Å². The molecule has 3 heteroatoms. The first kappa shape index (κ1) is 13.2. The summed E-state index contributed by atoms with van der Waals surface area (Å²) in [6, 6.07) is 16.0. The molecule has 20 heavy (non-hydrogen) atoms. The summed E-state index contributed by atoms with van der Waals surface area (Å²) in [5.74, 6) is 0.373. The van der Waals surface area contributed by atoms with Crippen molar-refractivity contribution in [2.75, 3.05) is 26.3 Å². The van der Waals surface area contributed by atoms with E-state index in [1.165, 1.54) is 0 Å². The number of benzene rings is 2. The van der Waals surface area contributed by atoms with Crippen LogP contribution in [0.2, 0.25) is 0 Å². The Morgan fingerprint density at radius 1 is 0.950 bits per heavy atom. The van der Waals surface area contributed by atoms with Crippen molar-refractivity contribution in [3.63, 3.8) is 0 Å². The largest absolute Gasteiger partial charge is 0.508 e. The van der Waals surface area contributed by atoms with E-state index in [1.54, 1.807) is 6.07 Å². The van der Waals surface area contributed by atoms with E-state index in [2.05, 4.69) is 23.1 Å². The fourth-order valence-corrected chi connectivity index (χ4v) is 2.61. The molecule has 2 aromatic carbocycles. The highest BCUT2D eigenvalue weighted by Gasteiger charge is 2.16. The van der Waals surface area contributed by atoms with Crippen molar-refractivity contribution >= 4 is 0 Å². The van der Waals surface area contributed by atoms with Gasteiger partial charge in [0.2, 0.25) is 0 Å². The molecule has 0 aromatic heterocycles. The number of phenols is 1. The molecule has 1 heterocycles. The summed E-state index contributed by atoms with van der Waals surface area (Å²) in [7, 11) is 0. The van der Waals surface area contributed by atoms with Crippen LogP contribution in [0.5, 0.6) is 5.75 Å². The maximum absolute atomic E-state index is 10.2. The lowest BCUT2D eigenvalue weighted by Crippen LogP contribution is -2.35. The van der Waals surface area contributed by atoms with Crippen molar-refractivity contribution < 1.29 is 9.84 Å². The second kappa shape index (κ2) is 6.07. The van der Waals surface area contributed by atoms with Gasteiger partial charge in [-0.3, -0.25) is 4.90 Å². The number of morpholine rings is 1. The Labute approximate surface area is 119 Å². The zero-order valence-electron chi connectivity index (χ0n) is 11.5. The smallest absolute Gasteiger partial charge is 0.120 e. The highest BCUT2D eigenvalue weighted by molar-refractivity contribution is 5.69. The van der Waals surface area contributed by atoms with Gasteiger partial charge in [0.05, 0.1) is 13.2 Å². The number of rotatable bonds is 3. The molecule has 2 aromatic rings. The molecule has 0 radical (unpaired) electrons. The van der Waals surface area contributed by atoms with Gasteiger partial charge in [-0.25, -0.2) is 0 Å². The molecule has 0 aliphatic carbocycles. The summed E-state index contributed by atoms with van der Waals surface area (Å²) in [5.41, 5.74) is 3.25. The summed E-state index contributed by atoms with van der Waals surface area (Å²) in [4.78, 5) is 2.32. The van der Waals surface area contributed by atoms with Crippen molar-refractivity contribution in [1.29, 1.82) is 0 Å². The second-order valence-corrected chi connectivity index (χ2v) is 5.06. The summed E-state index contributed by atoms with van der Waals surface area (Å²) in [6.45, 7) is 4.15. The van der Waals surface area contributed by atoms with Crippen molar-refractivity contribution in [2.24, 2.45) is 0 Å². The molecule has 1 aliphatic rings. The molecule has 1 aliphatic heterocycles. The number of aromatic hydroxyl groups is 1. The molecule has 0 saturated carbocycles. The predicted octanol–water partition coefficient (Wildman–Crippen LogP) is 2.89. The Bertz CT molecular complexity index is 562. The molecule has 0 bridgehead atoms. The zero-order valence-corrected chi connectivity index (χ0v) is 11.5. The molecule has 0 amide bonds. The molecule has 3 nitrogen and oxygen atoms in total. The summed E-state index contributed by atoms with van der Waals surface area (Å²) >= 11 is 0. The van der Waals surface area contributed by atoms with E-state index in [0.29, 0.717) is 5.75 Å². The molecular weight excluding hydrogens is 250 g/mol. The normalized spacial score (nSPS) is 16.2. The van der Waals surface area contributed by atoms with Gasteiger partial charge in [0.25, 0.3) is 0 Å². The van der Waals surface area contributed by atoms with Gasteiger partial charge in [0, 0.05) is 25.2 Å². The van der Waals surface area contributed by atoms with E-state index in [9.17, 15) is 5.11 Å². The van der Waals surface area contributed by atoms with Crippen molar-refractivity contribution in [1.82, 2.24) is 4.90 Å². The first-order chi connectivity index (χ1) is 9.84. The molecular formula is C17H19NO2. The van der Waals surface area contributed by atoms with E-state index in [-0.39, 0.29) is 0 Å². The average Bonchev–Trinajstić information content (AvgIpc) is 2.51. The van der Waals surface area contributed by atoms with Crippen LogP contribution in [0.25, 0.3) is 11.1 Å². The van der Waals surface area contributed by atoms with Gasteiger partial charge in [-0.15, -0.1) is 0 Å². The van der Waals surface area contributed by atoms with Gasteiger partial charge in [-0.1, -0.05) is 42.5 Å². The van der Waals surface area contributed by atoms with Crippen LogP contribution in [0.1, 0.15) is 5.56 Å². The Kier molecular flexibility index (Phi) is 4.00. The lowest BCUT2D eigenvalue weighted by atomic mass is 9.98. The van der Waals surface area contributed by atoms with E-state index in [4.69, 9.17) is 4.74 Å². The SMILES string of the molecule is Oc1cccc(-c2ccccc2)c1CN1CCOCC1. The molecule has 3 rings (SSSR count). The number of nitrogens with zero attached hydrogens (tertiary/aromatic N) is 1. The van der Waals surface area contributed by atoms with E-state index in [0.717, 1.165) is 49.5 Å².